The van der Waals surface area contributed by atoms with E-state index >= 15 is 0 Å². The van der Waals surface area contributed by atoms with Crippen molar-refractivity contribution in [2.45, 2.75) is 51.1 Å². The molecule has 2 saturated heterocycles. The second-order valence-electron chi connectivity index (χ2n) is 5.51. The Balaban J connectivity index is 1.76. The Bertz CT molecular complexity index is 199. The van der Waals surface area contributed by atoms with Gasteiger partial charge in [-0.3, -0.25) is 4.90 Å². The number of nitrogens with two attached hydrogens (primary N) is 1. The van der Waals surface area contributed by atoms with Crippen molar-refractivity contribution in [2.75, 3.05) is 32.7 Å². The number of rotatable bonds is 4. The van der Waals surface area contributed by atoms with Crippen LogP contribution in [-0.2, 0) is 0 Å². The van der Waals surface area contributed by atoms with Gasteiger partial charge < -0.3 is 10.6 Å². The highest BCUT2D eigenvalue weighted by molar-refractivity contribution is 4.83. The summed E-state index contributed by atoms with van der Waals surface area (Å²) in [6.45, 7) is 8.54. The van der Waals surface area contributed by atoms with Crippen molar-refractivity contribution in [3.05, 3.63) is 0 Å². The summed E-state index contributed by atoms with van der Waals surface area (Å²) in [6.07, 6.45) is 6.83. The number of nitrogens with zero attached hydrogens (tertiary/aromatic N) is 2. The van der Waals surface area contributed by atoms with Crippen LogP contribution in [0.1, 0.15) is 39.0 Å². The third kappa shape index (κ3) is 3.19. The molecule has 0 aromatic rings. The number of piperidine rings is 1. The summed E-state index contributed by atoms with van der Waals surface area (Å²) in [6, 6.07) is 0.968. The van der Waals surface area contributed by atoms with Gasteiger partial charge in [0.25, 0.3) is 0 Å². The molecule has 2 rings (SSSR count). The molecule has 0 aromatic carbocycles. The van der Waals surface area contributed by atoms with E-state index in [4.69, 9.17) is 5.73 Å². The van der Waals surface area contributed by atoms with Crippen LogP contribution >= 0.6 is 0 Å². The lowest BCUT2D eigenvalue weighted by atomic mass is 9.97. The fourth-order valence-corrected chi connectivity index (χ4v) is 3.17. The van der Waals surface area contributed by atoms with Gasteiger partial charge in [0.15, 0.2) is 0 Å². The summed E-state index contributed by atoms with van der Waals surface area (Å²) < 4.78 is 0. The minimum atomic E-state index is 0.332. The molecule has 2 aliphatic heterocycles. The van der Waals surface area contributed by atoms with Crippen LogP contribution in [0.25, 0.3) is 0 Å². The van der Waals surface area contributed by atoms with Gasteiger partial charge in [-0.1, -0.05) is 6.42 Å². The zero-order valence-electron chi connectivity index (χ0n) is 10.7. The highest BCUT2D eigenvalue weighted by Gasteiger charge is 2.25. The average molecular weight is 225 g/mol. The van der Waals surface area contributed by atoms with Gasteiger partial charge in [0.2, 0.25) is 0 Å². The summed E-state index contributed by atoms with van der Waals surface area (Å²) in [5.41, 5.74) is 6.09. The fourth-order valence-electron chi connectivity index (χ4n) is 3.17. The molecular weight excluding hydrogens is 198 g/mol. The lowest BCUT2D eigenvalue weighted by Gasteiger charge is -2.38. The van der Waals surface area contributed by atoms with Crippen LogP contribution in [0.4, 0.5) is 0 Å². The van der Waals surface area contributed by atoms with Crippen molar-refractivity contribution in [1.82, 2.24) is 9.80 Å². The van der Waals surface area contributed by atoms with Gasteiger partial charge in [-0.05, 0) is 52.2 Å². The highest BCUT2D eigenvalue weighted by atomic mass is 15.2. The van der Waals surface area contributed by atoms with Gasteiger partial charge >= 0.3 is 0 Å². The highest BCUT2D eigenvalue weighted by Crippen LogP contribution is 2.19. The van der Waals surface area contributed by atoms with Crippen LogP contribution in [-0.4, -0.2) is 54.6 Å². The van der Waals surface area contributed by atoms with Crippen LogP contribution in [0.5, 0.6) is 0 Å². The van der Waals surface area contributed by atoms with Crippen molar-refractivity contribution < 1.29 is 0 Å². The van der Waals surface area contributed by atoms with E-state index in [0.717, 1.165) is 0 Å². The smallest absolute Gasteiger partial charge is 0.0245 e. The van der Waals surface area contributed by atoms with Crippen LogP contribution < -0.4 is 5.73 Å². The van der Waals surface area contributed by atoms with Gasteiger partial charge in [-0.2, -0.15) is 0 Å². The summed E-state index contributed by atoms with van der Waals surface area (Å²) >= 11 is 0. The molecule has 0 bridgehead atoms. The Morgan fingerprint density at radius 1 is 1.06 bits per heavy atom. The van der Waals surface area contributed by atoms with Gasteiger partial charge in [0.1, 0.15) is 0 Å². The monoisotopic (exact) mass is 225 g/mol. The maximum atomic E-state index is 6.09. The Kier molecular flexibility index (Phi) is 4.62. The Morgan fingerprint density at radius 3 is 2.44 bits per heavy atom. The zero-order valence-corrected chi connectivity index (χ0v) is 10.7. The topological polar surface area (TPSA) is 32.5 Å². The standard InChI is InChI=1S/C13H27N3/c1-12(14)13-6-2-3-9-16(13)11-10-15-7-4-5-8-15/h12-13H,2-11,14H2,1H3. The van der Waals surface area contributed by atoms with E-state index in [1.807, 2.05) is 0 Å². The average Bonchev–Trinajstić information content (AvgIpc) is 2.79. The normalized spacial score (nSPS) is 30.8. The van der Waals surface area contributed by atoms with Gasteiger partial charge in [-0.15, -0.1) is 0 Å². The van der Waals surface area contributed by atoms with Gasteiger partial charge in [0.05, 0.1) is 0 Å². The number of hydrogen-bond donors (Lipinski definition) is 1. The summed E-state index contributed by atoms with van der Waals surface area (Å²) in [5.74, 6) is 0. The summed E-state index contributed by atoms with van der Waals surface area (Å²) in [5, 5.41) is 0. The zero-order chi connectivity index (χ0) is 11.4. The predicted molar refractivity (Wildman–Crippen MR) is 68.5 cm³/mol. The van der Waals surface area contributed by atoms with Crippen molar-refractivity contribution in [1.29, 1.82) is 0 Å². The minimum absolute atomic E-state index is 0.332. The fraction of sp³-hybridized carbons (Fsp3) is 1.00. The van der Waals surface area contributed by atoms with Crippen LogP contribution in [0.3, 0.4) is 0 Å². The second kappa shape index (κ2) is 5.99. The van der Waals surface area contributed by atoms with Gasteiger partial charge in [0, 0.05) is 25.2 Å². The molecule has 16 heavy (non-hydrogen) atoms. The maximum Gasteiger partial charge on any atom is 0.0245 e. The molecule has 2 atom stereocenters. The molecule has 2 unspecified atom stereocenters. The van der Waals surface area contributed by atoms with Crippen molar-refractivity contribution in [3.63, 3.8) is 0 Å². The SMILES string of the molecule is CC(N)C1CCCCN1CCN1CCCC1. The molecule has 2 heterocycles. The molecule has 0 aliphatic carbocycles. The molecule has 0 radical (unpaired) electrons. The predicted octanol–water partition coefficient (Wildman–Crippen LogP) is 1.28. The van der Waals surface area contributed by atoms with Gasteiger partial charge in [-0.25, -0.2) is 0 Å². The molecule has 2 aliphatic rings. The van der Waals surface area contributed by atoms with E-state index in [9.17, 15) is 0 Å². The number of hydrogen-bond acceptors (Lipinski definition) is 3. The minimum Gasteiger partial charge on any atom is -0.327 e. The molecule has 0 saturated carbocycles. The summed E-state index contributed by atoms with van der Waals surface area (Å²) in [7, 11) is 0. The third-order valence-corrected chi connectivity index (χ3v) is 4.17. The molecule has 3 heteroatoms. The molecule has 0 amide bonds. The van der Waals surface area contributed by atoms with E-state index in [1.54, 1.807) is 0 Å². The summed E-state index contributed by atoms with van der Waals surface area (Å²) in [4.78, 5) is 5.24. The Morgan fingerprint density at radius 2 is 1.75 bits per heavy atom. The van der Waals surface area contributed by atoms with Crippen LogP contribution in [0, 0.1) is 0 Å². The first-order valence-electron chi connectivity index (χ1n) is 6.99. The molecule has 0 spiro atoms. The Hall–Kier alpha value is -0.120. The molecule has 2 fully saturated rings. The van der Waals surface area contributed by atoms with Crippen molar-refractivity contribution in [3.8, 4) is 0 Å². The van der Waals surface area contributed by atoms with E-state index in [-0.39, 0.29) is 0 Å². The van der Waals surface area contributed by atoms with Crippen LogP contribution in [0.2, 0.25) is 0 Å². The lowest BCUT2D eigenvalue weighted by molar-refractivity contribution is 0.116. The molecule has 94 valence electrons. The second-order valence-corrected chi connectivity index (χ2v) is 5.51. The molecule has 2 N–H and O–H groups in total. The molecule has 3 nitrogen and oxygen atoms in total. The van der Waals surface area contributed by atoms with E-state index in [0.29, 0.717) is 12.1 Å². The van der Waals surface area contributed by atoms with E-state index in [1.165, 1.54) is 64.8 Å². The molecule has 0 aromatic heterocycles. The van der Waals surface area contributed by atoms with E-state index < -0.39 is 0 Å². The third-order valence-electron chi connectivity index (χ3n) is 4.17. The maximum absolute atomic E-state index is 6.09. The van der Waals surface area contributed by atoms with E-state index in [2.05, 4.69) is 16.7 Å². The molecular formula is C13H27N3. The first kappa shape index (κ1) is 12.3. The largest absolute Gasteiger partial charge is 0.327 e. The lowest BCUT2D eigenvalue weighted by Crippen LogP contribution is -2.51. The van der Waals surface area contributed by atoms with Crippen molar-refractivity contribution in [2.24, 2.45) is 5.73 Å². The quantitative estimate of drug-likeness (QED) is 0.782. The first-order valence-corrected chi connectivity index (χ1v) is 6.99. The number of likely N-dealkylation sites (tertiary alicyclic amines) is 2. The Labute approximate surface area is 100.0 Å². The van der Waals surface area contributed by atoms with Crippen molar-refractivity contribution >= 4 is 0 Å². The van der Waals surface area contributed by atoms with Crippen LogP contribution in [0.15, 0.2) is 0 Å². The first-order chi connectivity index (χ1) is 7.77.